The molecule has 1 saturated carbocycles. The third kappa shape index (κ3) is 3.28. The summed E-state index contributed by atoms with van der Waals surface area (Å²) in [6.45, 7) is 3.31. The number of benzene rings is 1. The van der Waals surface area contributed by atoms with E-state index in [0.717, 1.165) is 49.2 Å². The van der Waals surface area contributed by atoms with Crippen LogP contribution in [0.5, 0.6) is 0 Å². The molecule has 138 valence electrons. The first-order valence-electron chi connectivity index (χ1n) is 9.30. The number of morpholine rings is 1. The Morgan fingerprint density at radius 2 is 1.85 bits per heavy atom. The fourth-order valence-corrected chi connectivity index (χ4v) is 4.61. The van der Waals surface area contributed by atoms with Crippen molar-refractivity contribution >= 4 is 23.3 Å². The van der Waals surface area contributed by atoms with Crippen LogP contribution in [0, 0.1) is 0 Å². The molecule has 5 nitrogen and oxygen atoms in total. The molecule has 1 aliphatic heterocycles. The molecule has 0 unspecified atom stereocenters. The first-order valence-corrected chi connectivity index (χ1v) is 10.5. The van der Waals surface area contributed by atoms with Crippen molar-refractivity contribution in [1.82, 2.24) is 9.97 Å². The molecule has 0 bridgehead atoms. The molecular formula is C20H26N4OS. The van der Waals surface area contributed by atoms with E-state index < -0.39 is 0 Å². The second-order valence-corrected chi connectivity index (χ2v) is 8.10. The largest absolute Gasteiger partial charge is 0.388 e. The van der Waals surface area contributed by atoms with Crippen LogP contribution in [-0.2, 0) is 9.48 Å². The van der Waals surface area contributed by atoms with Crippen LogP contribution >= 0.6 is 11.8 Å². The highest BCUT2D eigenvalue weighted by Crippen LogP contribution is 2.51. The van der Waals surface area contributed by atoms with Gasteiger partial charge in [0.15, 0.2) is 5.82 Å². The second-order valence-electron chi connectivity index (χ2n) is 6.91. The van der Waals surface area contributed by atoms with E-state index in [9.17, 15) is 0 Å². The minimum atomic E-state index is 0.156. The van der Waals surface area contributed by atoms with Crippen LogP contribution in [0.3, 0.4) is 0 Å². The monoisotopic (exact) mass is 370 g/mol. The van der Waals surface area contributed by atoms with Crippen LogP contribution in [0.2, 0.25) is 0 Å². The van der Waals surface area contributed by atoms with Gasteiger partial charge in [0.25, 0.3) is 0 Å². The number of hydrogen-bond donors (Lipinski definition) is 1. The van der Waals surface area contributed by atoms with Crippen molar-refractivity contribution in [2.24, 2.45) is 0 Å². The van der Waals surface area contributed by atoms with Gasteiger partial charge in [-0.3, -0.25) is 0 Å². The third-order valence-corrected chi connectivity index (χ3v) is 6.90. The lowest BCUT2D eigenvalue weighted by Crippen LogP contribution is -2.38. The van der Waals surface area contributed by atoms with E-state index in [2.05, 4.69) is 46.8 Å². The van der Waals surface area contributed by atoms with Gasteiger partial charge in [-0.1, -0.05) is 0 Å². The predicted octanol–water partition coefficient (Wildman–Crippen LogP) is 3.76. The summed E-state index contributed by atoms with van der Waals surface area (Å²) < 4.78 is 5.67. The van der Waals surface area contributed by atoms with E-state index in [1.807, 2.05) is 18.8 Å². The summed E-state index contributed by atoms with van der Waals surface area (Å²) in [6, 6.07) is 10.6. The molecule has 2 aliphatic rings. The first kappa shape index (κ1) is 17.6. The maximum Gasteiger partial charge on any atom is 0.161 e. The van der Waals surface area contributed by atoms with E-state index in [1.54, 1.807) is 0 Å². The Kier molecular flexibility index (Phi) is 5.05. The zero-order valence-corrected chi connectivity index (χ0v) is 16.3. The van der Waals surface area contributed by atoms with Gasteiger partial charge in [-0.2, -0.15) is 11.8 Å². The number of thioether (sulfide) groups is 1. The van der Waals surface area contributed by atoms with Crippen molar-refractivity contribution in [1.29, 1.82) is 0 Å². The first-order chi connectivity index (χ1) is 12.7. The van der Waals surface area contributed by atoms with Gasteiger partial charge < -0.3 is 15.0 Å². The summed E-state index contributed by atoms with van der Waals surface area (Å²) in [4.78, 5) is 12.3. The molecule has 2 heterocycles. The van der Waals surface area contributed by atoms with Gasteiger partial charge in [0.05, 0.1) is 23.7 Å². The van der Waals surface area contributed by atoms with Crippen LogP contribution in [0.4, 0.5) is 11.5 Å². The fraction of sp³-hybridized carbons (Fsp3) is 0.500. The summed E-state index contributed by atoms with van der Waals surface area (Å²) in [5.74, 6) is 1.86. The lowest BCUT2D eigenvalue weighted by molar-refractivity contribution is 0.122. The lowest BCUT2D eigenvalue weighted by atomic mass is 9.81. The topological polar surface area (TPSA) is 50.3 Å². The van der Waals surface area contributed by atoms with Crippen LogP contribution in [0.1, 0.15) is 25.0 Å². The van der Waals surface area contributed by atoms with Gasteiger partial charge in [-0.05, 0) is 49.8 Å². The molecule has 0 spiro atoms. The second kappa shape index (κ2) is 7.45. The molecule has 6 heteroatoms. The van der Waals surface area contributed by atoms with Crippen LogP contribution in [-0.4, -0.2) is 49.6 Å². The Morgan fingerprint density at radius 3 is 2.42 bits per heavy atom. The molecule has 4 rings (SSSR count). The summed E-state index contributed by atoms with van der Waals surface area (Å²) in [7, 11) is 1.93. The minimum absolute atomic E-state index is 0.156. The van der Waals surface area contributed by atoms with Crippen molar-refractivity contribution in [2.45, 2.75) is 24.0 Å². The number of rotatable bonds is 5. The molecule has 0 amide bonds. The fourth-order valence-electron chi connectivity index (χ4n) is 3.60. The number of nitrogens with zero attached hydrogens (tertiary/aromatic N) is 3. The molecule has 1 saturated heterocycles. The predicted molar refractivity (Wildman–Crippen MR) is 109 cm³/mol. The van der Waals surface area contributed by atoms with Crippen molar-refractivity contribution in [3.63, 3.8) is 0 Å². The van der Waals surface area contributed by atoms with Crippen LogP contribution < -0.4 is 10.2 Å². The van der Waals surface area contributed by atoms with Crippen molar-refractivity contribution in [3.05, 3.63) is 36.0 Å². The summed E-state index contributed by atoms with van der Waals surface area (Å²) in [5.41, 5.74) is 3.34. The van der Waals surface area contributed by atoms with E-state index >= 15 is 0 Å². The van der Waals surface area contributed by atoms with Gasteiger partial charge in [-0.25, -0.2) is 9.97 Å². The molecule has 0 radical (unpaired) electrons. The smallest absolute Gasteiger partial charge is 0.161 e. The summed E-state index contributed by atoms with van der Waals surface area (Å²) >= 11 is 1.93. The van der Waals surface area contributed by atoms with Gasteiger partial charge in [0, 0.05) is 37.5 Å². The number of aromatic nitrogens is 2. The van der Waals surface area contributed by atoms with Crippen LogP contribution in [0.15, 0.2) is 30.3 Å². The number of hydrogen-bond acceptors (Lipinski definition) is 6. The van der Waals surface area contributed by atoms with Gasteiger partial charge in [-0.15, -0.1) is 0 Å². The van der Waals surface area contributed by atoms with Gasteiger partial charge in [0.2, 0.25) is 0 Å². The Balaban J connectivity index is 1.76. The summed E-state index contributed by atoms with van der Waals surface area (Å²) in [6.07, 6.45) is 5.89. The normalized spacial score (nSPS) is 19.1. The molecule has 1 aliphatic carbocycles. The quantitative estimate of drug-likeness (QED) is 0.865. The highest BCUT2D eigenvalue weighted by molar-refractivity contribution is 7.99. The maximum absolute atomic E-state index is 5.52. The van der Waals surface area contributed by atoms with Crippen molar-refractivity contribution < 1.29 is 4.74 Å². The highest BCUT2D eigenvalue weighted by Gasteiger charge is 2.40. The lowest BCUT2D eigenvalue weighted by Gasteiger charge is -2.40. The molecule has 2 aromatic rings. The zero-order chi connectivity index (χ0) is 18.0. The number of nitrogens with one attached hydrogen (secondary N) is 1. The number of anilines is 2. The highest BCUT2D eigenvalue weighted by atomic mass is 32.2. The minimum Gasteiger partial charge on any atom is -0.388 e. The molecule has 26 heavy (non-hydrogen) atoms. The summed E-state index contributed by atoms with van der Waals surface area (Å²) in [5, 5.41) is 3.17. The third-order valence-electron chi connectivity index (χ3n) is 5.50. The Hall–Kier alpha value is -1.79. The van der Waals surface area contributed by atoms with E-state index in [0.29, 0.717) is 0 Å². The molecule has 1 N–H and O–H groups in total. The van der Waals surface area contributed by atoms with E-state index in [4.69, 9.17) is 14.7 Å². The van der Waals surface area contributed by atoms with Crippen LogP contribution in [0.25, 0.3) is 11.4 Å². The van der Waals surface area contributed by atoms with Crippen molar-refractivity contribution in [2.75, 3.05) is 49.8 Å². The molecule has 2 fully saturated rings. The molecule has 0 atom stereocenters. The van der Waals surface area contributed by atoms with E-state index in [-0.39, 0.29) is 4.75 Å². The molecule has 1 aromatic heterocycles. The van der Waals surface area contributed by atoms with Gasteiger partial charge >= 0.3 is 0 Å². The average Bonchev–Trinajstić information content (AvgIpc) is 2.68. The SMILES string of the molecule is CNc1ccc(-c2nc(N3CCOCC3)cc(C3(SC)CCC3)n2)cc1. The Labute approximate surface area is 159 Å². The number of ether oxygens (including phenoxy) is 1. The van der Waals surface area contributed by atoms with Gasteiger partial charge in [0.1, 0.15) is 5.82 Å². The Bertz CT molecular complexity index is 749. The Morgan fingerprint density at radius 1 is 1.12 bits per heavy atom. The molecule has 1 aromatic carbocycles. The zero-order valence-electron chi connectivity index (χ0n) is 15.5. The maximum atomic E-state index is 5.52. The average molecular weight is 371 g/mol. The van der Waals surface area contributed by atoms with Crippen molar-refractivity contribution in [3.8, 4) is 11.4 Å². The molecular weight excluding hydrogens is 344 g/mol. The standard InChI is InChI=1S/C20H26N4OS/c1-21-16-6-4-15(5-7-16)19-22-17(20(26-2)8-3-9-20)14-18(23-19)24-10-12-25-13-11-24/h4-7,14,21H,3,8-13H2,1-2H3. The van der Waals surface area contributed by atoms with E-state index in [1.165, 1.54) is 25.0 Å².